The maximum Gasteiger partial charge on any atom is 0.0340 e. The fourth-order valence-electron chi connectivity index (χ4n) is 2.37. The first kappa shape index (κ1) is 13.4. The number of rotatable bonds is 9. The van der Waals surface area contributed by atoms with Gasteiger partial charge in [0.25, 0.3) is 0 Å². The van der Waals surface area contributed by atoms with Gasteiger partial charge in [0.1, 0.15) is 0 Å². The fraction of sp³-hybridized carbons (Fsp3) is 0.625. The normalized spacial score (nSPS) is 15.0. The Kier molecular flexibility index (Phi) is 5.53. The fourth-order valence-corrected chi connectivity index (χ4v) is 2.37. The van der Waals surface area contributed by atoms with Gasteiger partial charge in [-0.2, -0.15) is 0 Å². The lowest BCUT2D eigenvalue weighted by Crippen LogP contribution is -2.29. The minimum Gasteiger partial charge on any atom is -0.385 e. The number of hydrogen-bond acceptors (Lipinski definition) is 2. The average molecular weight is 246 g/mol. The summed E-state index contributed by atoms with van der Waals surface area (Å²) in [6, 6.07) is 10.5. The van der Waals surface area contributed by atoms with Crippen LogP contribution in [0.5, 0.6) is 0 Å². The van der Waals surface area contributed by atoms with Gasteiger partial charge in [0, 0.05) is 18.8 Å². The van der Waals surface area contributed by atoms with Gasteiger partial charge in [0.2, 0.25) is 0 Å². The molecule has 2 heteroatoms. The number of anilines is 1. The Morgan fingerprint density at radius 1 is 1.17 bits per heavy atom. The smallest absolute Gasteiger partial charge is 0.0340 e. The van der Waals surface area contributed by atoms with Crippen molar-refractivity contribution in [3.8, 4) is 0 Å². The third-order valence-corrected chi connectivity index (χ3v) is 3.51. The molecule has 1 fully saturated rings. The molecule has 0 radical (unpaired) electrons. The highest BCUT2D eigenvalue weighted by atomic mass is 15.1. The average Bonchev–Trinajstić information content (AvgIpc) is 3.20. The third-order valence-electron chi connectivity index (χ3n) is 3.51. The van der Waals surface area contributed by atoms with Crippen LogP contribution in [0.2, 0.25) is 0 Å². The molecule has 1 aliphatic rings. The van der Waals surface area contributed by atoms with E-state index in [1.54, 1.807) is 0 Å². The summed E-state index contributed by atoms with van der Waals surface area (Å²) in [6.07, 6.45) is 5.44. The quantitative estimate of drug-likeness (QED) is 0.670. The molecule has 2 rings (SSSR count). The van der Waals surface area contributed by atoms with Gasteiger partial charge < -0.3 is 10.2 Å². The third kappa shape index (κ3) is 5.09. The molecule has 0 heterocycles. The van der Waals surface area contributed by atoms with E-state index in [1.165, 1.54) is 51.0 Å². The molecule has 0 amide bonds. The molecule has 1 saturated carbocycles. The van der Waals surface area contributed by atoms with Gasteiger partial charge in [-0.1, -0.05) is 25.1 Å². The number of benzene rings is 1. The molecule has 2 nitrogen and oxygen atoms in total. The van der Waals surface area contributed by atoms with Crippen LogP contribution in [0.15, 0.2) is 30.3 Å². The van der Waals surface area contributed by atoms with Crippen molar-refractivity contribution in [3.05, 3.63) is 30.3 Å². The van der Waals surface area contributed by atoms with Gasteiger partial charge in [-0.25, -0.2) is 0 Å². The van der Waals surface area contributed by atoms with Crippen LogP contribution in [0, 0.1) is 5.92 Å². The molecule has 0 spiro atoms. The zero-order valence-corrected chi connectivity index (χ0v) is 11.6. The van der Waals surface area contributed by atoms with Crippen LogP contribution >= 0.6 is 0 Å². The Bertz CT molecular complexity index is 319. The summed E-state index contributed by atoms with van der Waals surface area (Å²) in [5, 5.41) is 3.48. The topological polar surface area (TPSA) is 15.3 Å². The van der Waals surface area contributed by atoms with E-state index < -0.39 is 0 Å². The minimum atomic E-state index is 1.01. The van der Waals surface area contributed by atoms with Crippen molar-refractivity contribution in [3.63, 3.8) is 0 Å². The second kappa shape index (κ2) is 7.42. The molecule has 1 N–H and O–H groups in total. The van der Waals surface area contributed by atoms with Crippen molar-refractivity contribution in [2.24, 2.45) is 5.92 Å². The first-order valence-electron chi connectivity index (χ1n) is 7.39. The Morgan fingerprint density at radius 3 is 2.61 bits per heavy atom. The predicted molar refractivity (Wildman–Crippen MR) is 79.0 cm³/mol. The van der Waals surface area contributed by atoms with Crippen molar-refractivity contribution in [2.45, 2.75) is 32.6 Å². The monoisotopic (exact) mass is 246 g/mol. The van der Waals surface area contributed by atoms with Crippen LogP contribution in [-0.2, 0) is 0 Å². The van der Waals surface area contributed by atoms with E-state index in [1.807, 2.05) is 0 Å². The second-order valence-corrected chi connectivity index (χ2v) is 5.39. The molecule has 1 aliphatic carbocycles. The molecular formula is C16H26N2. The van der Waals surface area contributed by atoms with Crippen molar-refractivity contribution in [2.75, 3.05) is 31.5 Å². The van der Waals surface area contributed by atoms with Crippen LogP contribution in [0.1, 0.15) is 32.6 Å². The van der Waals surface area contributed by atoms with Gasteiger partial charge in [-0.05, 0) is 56.8 Å². The number of nitrogens with zero attached hydrogens (tertiary/aromatic N) is 1. The lowest BCUT2D eigenvalue weighted by molar-refractivity contribution is 0.262. The zero-order chi connectivity index (χ0) is 12.6. The Morgan fingerprint density at radius 2 is 1.94 bits per heavy atom. The molecule has 0 aliphatic heterocycles. The van der Waals surface area contributed by atoms with Crippen molar-refractivity contribution >= 4 is 5.69 Å². The summed E-state index contributed by atoms with van der Waals surface area (Å²) in [5.74, 6) is 1.01. The number of hydrogen-bond donors (Lipinski definition) is 1. The predicted octanol–water partition coefficient (Wildman–Crippen LogP) is 3.61. The van der Waals surface area contributed by atoms with Gasteiger partial charge in [0.15, 0.2) is 0 Å². The standard InChI is InChI=1S/C16H26N2/c1-2-12-18(14-15-9-10-15)13-6-11-17-16-7-4-3-5-8-16/h3-5,7-8,15,17H,2,6,9-14H2,1H3. The highest BCUT2D eigenvalue weighted by molar-refractivity contribution is 5.42. The molecule has 0 bridgehead atoms. The van der Waals surface area contributed by atoms with E-state index in [0.29, 0.717) is 0 Å². The van der Waals surface area contributed by atoms with E-state index in [2.05, 4.69) is 47.5 Å². The van der Waals surface area contributed by atoms with E-state index >= 15 is 0 Å². The largest absolute Gasteiger partial charge is 0.385 e. The summed E-state index contributed by atoms with van der Waals surface area (Å²) >= 11 is 0. The van der Waals surface area contributed by atoms with E-state index in [-0.39, 0.29) is 0 Å². The maximum atomic E-state index is 3.48. The van der Waals surface area contributed by atoms with Crippen LogP contribution in [-0.4, -0.2) is 31.1 Å². The highest BCUT2D eigenvalue weighted by Crippen LogP contribution is 2.29. The molecule has 18 heavy (non-hydrogen) atoms. The Balaban J connectivity index is 1.60. The van der Waals surface area contributed by atoms with Crippen LogP contribution in [0.25, 0.3) is 0 Å². The molecular weight excluding hydrogens is 220 g/mol. The summed E-state index contributed by atoms with van der Waals surface area (Å²) in [4.78, 5) is 2.64. The minimum absolute atomic E-state index is 1.01. The lowest BCUT2D eigenvalue weighted by Gasteiger charge is -2.21. The van der Waals surface area contributed by atoms with Crippen molar-refractivity contribution in [1.29, 1.82) is 0 Å². The summed E-state index contributed by atoms with van der Waals surface area (Å²) in [7, 11) is 0. The summed E-state index contributed by atoms with van der Waals surface area (Å²) < 4.78 is 0. The highest BCUT2D eigenvalue weighted by Gasteiger charge is 2.23. The Hall–Kier alpha value is -1.02. The summed E-state index contributed by atoms with van der Waals surface area (Å²) in [6.45, 7) is 7.20. The van der Waals surface area contributed by atoms with Crippen molar-refractivity contribution < 1.29 is 0 Å². The summed E-state index contributed by atoms with van der Waals surface area (Å²) in [5.41, 5.74) is 1.24. The molecule has 100 valence electrons. The van der Waals surface area contributed by atoms with Gasteiger partial charge in [0.05, 0.1) is 0 Å². The maximum absolute atomic E-state index is 3.48. The van der Waals surface area contributed by atoms with Crippen molar-refractivity contribution in [1.82, 2.24) is 4.90 Å². The molecule has 0 atom stereocenters. The molecule has 1 aromatic rings. The molecule has 0 saturated heterocycles. The molecule has 1 aromatic carbocycles. The van der Waals surface area contributed by atoms with E-state index in [0.717, 1.165) is 12.5 Å². The number of para-hydroxylation sites is 1. The molecule has 0 unspecified atom stereocenters. The Labute approximate surface area is 111 Å². The van der Waals surface area contributed by atoms with Gasteiger partial charge in [-0.3, -0.25) is 0 Å². The lowest BCUT2D eigenvalue weighted by atomic mass is 10.3. The number of nitrogens with one attached hydrogen (secondary N) is 1. The van der Waals surface area contributed by atoms with E-state index in [9.17, 15) is 0 Å². The van der Waals surface area contributed by atoms with Crippen LogP contribution < -0.4 is 5.32 Å². The van der Waals surface area contributed by atoms with E-state index in [4.69, 9.17) is 0 Å². The zero-order valence-electron chi connectivity index (χ0n) is 11.6. The van der Waals surface area contributed by atoms with Gasteiger partial charge >= 0.3 is 0 Å². The van der Waals surface area contributed by atoms with Crippen LogP contribution in [0.4, 0.5) is 5.69 Å². The van der Waals surface area contributed by atoms with Gasteiger partial charge in [-0.15, -0.1) is 0 Å². The SMILES string of the molecule is CCCN(CCCNc1ccccc1)CC1CC1. The second-order valence-electron chi connectivity index (χ2n) is 5.39. The van der Waals surface area contributed by atoms with Crippen LogP contribution in [0.3, 0.4) is 0 Å². The first-order valence-corrected chi connectivity index (χ1v) is 7.39. The first-order chi connectivity index (χ1) is 8.88. The molecule has 0 aromatic heterocycles.